The van der Waals surface area contributed by atoms with Crippen LogP contribution in [-0.4, -0.2) is 32.6 Å². The molecule has 0 amide bonds. The van der Waals surface area contributed by atoms with Gasteiger partial charge < -0.3 is 14.5 Å². The van der Waals surface area contributed by atoms with Gasteiger partial charge in [0.1, 0.15) is 16.8 Å². The van der Waals surface area contributed by atoms with Crippen molar-refractivity contribution in [2.75, 3.05) is 13.2 Å². The molecule has 0 aliphatic heterocycles. The zero-order chi connectivity index (χ0) is 26.8. The molecule has 0 fully saturated rings. The Morgan fingerprint density at radius 2 is 2.00 bits per heavy atom. The molecule has 1 atom stereocenters. The van der Waals surface area contributed by atoms with Crippen LogP contribution in [0, 0.1) is 11.3 Å². The molecule has 196 valence electrons. The highest BCUT2D eigenvalue weighted by Crippen LogP contribution is 2.41. The van der Waals surface area contributed by atoms with Gasteiger partial charge in [0.25, 0.3) is 0 Å². The Hall–Kier alpha value is -2.50. The normalized spacial score (nSPS) is 15.6. The summed E-state index contributed by atoms with van der Waals surface area (Å²) in [5.41, 5.74) is 5.55. The Balaban J connectivity index is 1.47. The van der Waals surface area contributed by atoms with E-state index in [4.69, 9.17) is 14.1 Å². The van der Waals surface area contributed by atoms with Crippen molar-refractivity contribution in [3.63, 3.8) is 0 Å². The first kappa shape index (κ1) is 27.5. The van der Waals surface area contributed by atoms with Gasteiger partial charge in [0, 0.05) is 31.0 Å². The maximum absolute atomic E-state index is 9.61. The predicted molar refractivity (Wildman–Crippen MR) is 156 cm³/mol. The summed E-state index contributed by atoms with van der Waals surface area (Å²) >= 11 is 1.67. The van der Waals surface area contributed by atoms with Gasteiger partial charge in [-0.15, -0.1) is 11.3 Å². The molecule has 1 aliphatic carbocycles. The van der Waals surface area contributed by atoms with Crippen LogP contribution < -0.4 is 10.1 Å². The van der Waals surface area contributed by atoms with Gasteiger partial charge in [-0.1, -0.05) is 39.0 Å². The maximum Gasteiger partial charge on any atom is 0.192 e. The third-order valence-corrected chi connectivity index (χ3v) is 13.1. The zero-order valence-corrected chi connectivity index (χ0v) is 25.0. The largest absolute Gasteiger partial charge is 0.490 e. The van der Waals surface area contributed by atoms with E-state index >= 15 is 0 Å². The average Bonchev–Trinajstić information content (AvgIpc) is 3.49. The van der Waals surface area contributed by atoms with Gasteiger partial charge in [0.15, 0.2) is 8.32 Å². The van der Waals surface area contributed by atoms with E-state index in [-0.39, 0.29) is 11.1 Å². The number of nitrogens with one attached hydrogen (secondary N) is 1. The molecule has 0 radical (unpaired) electrons. The monoisotopic (exact) mass is 533 g/mol. The van der Waals surface area contributed by atoms with Gasteiger partial charge in [0.05, 0.1) is 16.5 Å². The number of fused-ring (bicyclic) bond motifs is 1. The van der Waals surface area contributed by atoms with Gasteiger partial charge in [0.2, 0.25) is 0 Å². The standard InChI is InChI=1S/C30H39N3O2SSi/c1-20(2)35-27-14-11-21(17-22(27)18-31)29-33-19-28(36-29)25-10-8-9-24-23(25)12-13-26(24)32-15-16-34-37(6,7)30(3,4)5/h8-11,14,17,19-20,26,32H,12-13,15-16H2,1-7H3. The van der Waals surface area contributed by atoms with Crippen molar-refractivity contribution in [3.05, 3.63) is 59.3 Å². The van der Waals surface area contributed by atoms with Crippen molar-refractivity contribution in [2.24, 2.45) is 0 Å². The van der Waals surface area contributed by atoms with Crippen LogP contribution in [0.1, 0.15) is 63.8 Å². The van der Waals surface area contributed by atoms with Gasteiger partial charge in [-0.25, -0.2) is 4.98 Å². The highest BCUT2D eigenvalue weighted by Gasteiger charge is 2.37. The van der Waals surface area contributed by atoms with Crippen molar-refractivity contribution in [1.82, 2.24) is 10.3 Å². The number of nitrogens with zero attached hydrogens (tertiary/aromatic N) is 2. The second-order valence-electron chi connectivity index (χ2n) is 11.5. The predicted octanol–water partition coefficient (Wildman–Crippen LogP) is 7.73. The fraction of sp³-hybridized carbons (Fsp3) is 0.467. The Bertz CT molecular complexity index is 1290. The molecular formula is C30H39N3O2SSi. The van der Waals surface area contributed by atoms with Crippen LogP contribution in [0.15, 0.2) is 42.6 Å². The summed E-state index contributed by atoms with van der Waals surface area (Å²) in [4.78, 5) is 5.88. The van der Waals surface area contributed by atoms with Crippen LogP contribution >= 0.6 is 11.3 Å². The zero-order valence-electron chi connectivity index (χ0n) is 23.1. The minimum absolute atomic E-state index is 0.0209. The smallest absolute Gasteiger partial charge is 0.192 e. The van der Waals surface area contributed by atoms with Crippen LogP contribution in [0.5, 0.6) is 5.75 Å². The number of thiazole rings is 1. The molecule has 3 aromatic rings. The van der Waals surface area contributed by atoms with Crippen LogP contribution in [0.3, 0.4) is 0 Å². The summed E-state index contributed by atoms with van der Waals surface area (Å²) in [6.45, 7) is 17.0. The molecule has 2 aromatic carbocycles. The molecule has 0 bridgehead atoms. The van der Waals surface area contributed by atoms with E-state index in [0.717, 1.165) is 41.4 Å². The highest BCUT2D eigenvalue weighted by atomic mass is 32.1. The minimum Gasteiger partial charge on any atom is -0.490 e. The number of hydrogen-bond donors (Lipinski definition) is 1. The SMILES string of the molecule is CC(C)Oc1ccc(-c2ncc(-c3cccc4c3CCC4NCCO[Si](C)(C)C(C)(C)C)s2)cc1C#N. The number of aromatic nitrogens is 1. The summed E-state index contributed by atoms with van der Waals surface area (Å²) in [7, 11) is -1.72. The van der Waals surface area contributed by atoms with Crippen molar-refractivity contribution in [2.45, 2.75) is 77.7 Å². The summed E-state index contributed by atoms with van der Waals surface area (Å²) in [5.74, 6) is 0.618. The molecule has 1 unspecified atom stereocenters. The quantitative estimate of drug-likeness (QED) is 0.225. The molecule has 37 heavy (non-hydrogen) atoms. The molecule has 1 aromatic heterocycles. The van der Waals surface area contributed by atoms with Gasteiger partial charge in [-0.05, 0) is 79.7 Å². The third kappa shape index (κ3) is 6.15. The lowest BCUT2D eigenvalue weighted by molar-refractivity contribution is 0.242. The van der Waals surface area contributed by atoms with Crippen LogP contribution in [0.4, 0.5) is 0 Å². The molecule has 5 nitrogen and oxygen atoms in total. The number of benzene rings is 2. The van der Waals surface area contributed by atoms with Gasteiger partial charge in [-0.2, -0.15) is 5.26 Å². The van der Waals surface area contributed by atoms with Crippen molar-refractivity contribution >= 4 is 19.7 Å². The first-order valence-corrected chi connectivity index (χ1v) is 16.9. The fourth-order valence-electron chi connectivity index (χ4n) is 4.49. The molecule has 0 saturated heterocycles. The lowest BCUT2D eigenvalue weighted by Gasteiger charge is -2.36. The average molecular weight is 534 g/mol. The second kappa shape index (κ2) is 11.1. The van der Waals surface area contributed by atoms with Crippen molar-refractivity contribution < 1.29 is 9.16 Å². The maximum atomic E-state index is 9.61. The lowest BCUT2D eigenvalue weighted by Crippen LogP contribution is -2.42. The first-order valence-electron chi connectivity index (χ1n) is 13.2. The number of nitriles is 1. The first-order chi connectivity index (χ1) is 17.5. The van der Waals surface area contributed by atoms with Crippen LogP contribution in [0.25, 0.3) is 21.0 Å². The Kier molecular flexibility index (Phi) is 8.25. The van der Waals surface area contributed by atoms with E-state index in [1.165, 1.54) is 16.7 Å². The van der Waals surface area contributed by atoms with Gasteiger partial charge in [-0.3, -0.25) is 0 Å². The summed E-state index contributed by atoms with van der Waals surface area (Å²) in [6, 6.07) is 15.0. The molecular weight excluding hydrogens is 495 g/mol. The van der Waals surface area contributed by atoms with Gasteiger partial charge >= 0.3 is 0 Å². The van der Waals surface area contributed by atoms with E-state index < -0.39 is 8.32 Å². The number of hydrogen-bond acceptors (Lipinski definition) is 6. The fourth-order valence-corrected chi connectivity index (χ4v) is 6.50. The van der Waals surface area contributed by atoms with E-state index in [0.29, 0.717) is 17.4 Å². The minimum atomic E-state index is -1.72. The Morgan fingerprint density at radius 1 is 1.22 bits per heavy atom. The molecule has 4 rings (SSSR count). The second-order valence-corrected chi connectivity index (χ2v) is 17.4. The van der Waals surface area contributed by atoms with Crippen LogP contribution in [-0.2, 0) is 10.8 Å². The molecule has 1 heterocycles. The molecule has 0 saturated carbocycles. The summed E-state index contributed by atoms with van der Waals surface area (Å²) in [5, 5.41) is 14.5. The lowest BCUT2D eigenvalue weighted by atomic mass is 10.0. The van der Waals surface area contributed by atoms with E-state index in [1.807, 2.05) is 38.2 Å². The summed E-state index contributed by atoms with van der Waals surface area (Å²) < 4.78 is 12.1. The number of rotatable bonds is 9. The summed E-state index contributed by atoms with van der Waals surface area (Å²) in [6.07, 6.45) is 4.14. The number of ether oxygens (including phenoxy) is 1. The van der Waals surface area contributed by atoms with E-state index in [1.54, 1.807) is 11.3 Å². The topological polar surface area (TPSA) is 67.2 Å². The molecule has 1 N–H and O–H groups in total. The van der Waals surface area contributed by atoms with E-state index in [9.17, 15) is 5.26 Å². The van der Waals surface area contributed by atoms with Crippen molar-refractivity contribution in [1.29, 1.82) is 5.26 Å². The molecule has 0 spiro atoms. The molecule has 7 heteroatoms. The third-order valence-electron chi connectivity index (χ3n) is 7.51. The Morgan fingerprint density at radius 3 is 2.70 bits per heavy atom. The molecule has 1 aliphatic rings. The van der Waals surface area contributed by atoms with E-state index in [2.05, 4.69) is 63.5 Å². The van der Waals surface area contributed by atoms with Crippen molar-refractivity contribution in [3.8, 4) is 32.8 Å². The van der Waals surface area contributed by atoms with Crippen LogP contribution in [0.2, 0.25) is 18.1 Å². The highest BCUT2D eigenvalue weighted by molar-refractivity contribution is 7.18. The Labute approximate surface area is 227 Å².